The number of hydrogen-bond donors (Lipinski definition) is 7. The molecule has 0 unspecified atom stereocenters. The fourth-order valence-corrected chi connectivity index (χ4v) is 7.33. The molecule has 66 heavy (non-hydrogen) atoms. The van der Waals surface area contributed by atoms with Crippen LogP contribution in [0, 0.1) is 0 Å². The maximum absolute atomic E-state index is 13.5. The van der Waals surface area contributed by atoms with E-state index in [4.69, 9.17) is 25.2 Å². The van der Waals surface area contributed by atoms with E-state index in [-0.39, 0.29) is 52.8 Å². The minimum absolute atomic E-state index is 0.0677. The molecule has 1 aromatic heterocycles. The first-order valence-corrected chi connectivity index (χ1v) is 23.2. The summed E-state index contributed by atoms with van der Waals surface area (Å²) in [5, 5.41) is 19.0. The Morgan fingerprint density at radius 1 is 0.879 bits per heavy atom. The topological polar surface area (TPSA) is 282 Å². The summed E-state index contributed by atoms with van der Waals surface area (Å²) in [7, 11) is -3.41. The molecule has 3 aromatic carbocycles. The van der Waals surface area contributed by atoms with Crippen molar-refractivity contribution in [2.24, 2.45) is 25.3 Å². The van der Waals surface area contributed by atoms with Gasteiger partial charge in [0.25, 0.3) is 10.1 Å². The Kier molecular flexibility index (Phi) is 18.8. The Bertz CT molecular complexity index is 2600. The molecule has 5 rings (SSSR count). The fourth-order valence-electron chi connectivity index (χ4n) is 6.68. The van der Waals surface area contributed by atoms with Crippen LogP contribution in [0.1, 0.15) is 63.4 Å². The van der Waals surface area contributed by atoms with E-state index in [1.807, 2.05) is 0 Å². The zero-order valence-electron chi connectivity index (χ0n) is 38.2. The number of nitrogens with one attached hydrogen (secondary N) is 5. The number of nitrogens with zero attached hydrogens (tertiary/aromatic N) is 8. The number of anilines is 5. The molecular formula is C44H60N14O7S. The number of amides is 1. The molecule has 22 heteroatoms. The SMILES string of the molecule is CCN(CC)CCCN=c1nc(Nc2ccc(N=Nc3cc(OCCOC)c(N/N=C4/C(=O)c5cc(N)ccc5C=C4S(=O)(=O)O)cc3NC(C)=O)cc2)[nH]c(=NCCCN(CC)CC)[nH]1. The van der Waals surface area contributed by atoms with Gasteiger partial charge in [-0.15, -0.1) is 5.11 Å². The van der Waals surface area contributed by atoms with Crippen LogP contribution in [0.5, 0.6) is 5.75 Å². The molecule has 0 saturated carbocycles. The average molecular weight is 929 g/mol. The third-order valence-electron chi connectivity index (χ3n) is 10.2. The van der Waals surface area contributed by atoms with Gasteiger partial charge in [-0.1, -0.05) is 33.8 Å². The Labute approximate surface area is 384 Å². The van der Waals surface area contributed by atoms with Gasteiger partial charge in [-0.2, -0.15) is 23.6 Å². The first-order valence-electron chi connectivity index (χ1n) is 21.7. The molecule has 1 aliphatic carbocycles. The Morgan fingerprint density at radius 2 is 1.56 bits per heavy atom. The van der Waals surface area contributed by atoms with Crippen LogP contribution in [0.25, 0.3) is 6.08 Å². The number of aromatic nitrogens is 3. The number of allylic oxidation sites excluding steroid dienone is 1. The first-order chi connectivity index (χ1) is 31.7. The standard InChI is InChI=1S/C44H60N14O7S/c1-7-57(8-2)21-11-19-46-42-50-43(47-20-12-22-58(9-3)10-4)52-44(51-42)49-32-15-17-33(18-16-32)53-54-36-28-38(65-24-23-64-6)37(27-35(36)48-29(5)59)55-56-40-39(66(61,62)63)25-30-13-14-31(45)26-34(30)41(40)60/h13-18,25-28,55H,7-12,19-24,45H2,1-6H3,(H,48,59)(H,61,62,63)(H3,46,47,49,50,51,52)/b54-53?,56-40+. The van der Waals surface area contributed by atoms with Gasteiger partial charge >= 0.3 is 0 Å². The lowest BCUT2D eigenvalue weighted by Crippen LogP contribution is -2.30. The van der Waals surface area contributed by atoms with Gasteiger partial charge in [-0.3, -0.25) is 39.5 Å². The number of ketones is 1. The number of nitrogen functional groups attached to an aromatic ring is 1. The second kappa shape index (κ2) is 24.6. The molecule has 4 aromatic rings. The summed E-state index contributed by atoms with van der Waals surface area (Å²) in [5.41, 5.74) is 11.2. The van der Waals surface area contributed by atoms with Gasteiger partial charge < -0.3 is 35.6 Å². The van der Waals surface area contributed by atoms with E-state index in [9.17, 15) is 22.6 Å². The number of hydrazone groups is 1. The highest BCUT2D eigenvalue weighted by molar-refractivity contribution is 7.91. The predicted molar refractivity (Wildman–Crippen MR) is 256 cm³/mol. The lowest BCUT2D eigenvalue weighted by Gasteiger charge is -2.18. The Balaban J connectivity index is 1.41. The van der Waals surface area contributed by atoms with Crippen LogP contribution in [0.4, 0.5) is 40.1 Å². The predicted octanol–water partition coefficient (Wildman–Crippen LogP) is 5.62. The summed E-state index contributed by atoms with van der Waals surface area (Å²) in [5.74, 6) is -0.657. The average Bonchev–Trinajstić information content (AvgIpc) is 3.29. The van der Waals surface area contributed by atoms with Gasteiger partial charge in [0, 0.05) is 50.1 Å². The van der Waals surface area contributed by atoms with Crippen LogP contribution in [-0.4, -0.2) is 128 Å². The highest BCUT2D eigenvalue weighted by Gasteiger charge is 2.33. The molecule has 0 spiro atoms. The summed E-state index contributed by atoms with van der Waals surface area (Å²) >= 11 is 0. The smallest absolute Gasteiger partial charge is 0.296 e. The number of hydrogen-bond acceptors (Lipinski definition) is 17. The summed E-state index contributed by atoms with van der Waals surface area (Å²) in [6, 6.07) is 14.3. The quantitative estimate of drug-likeness (QED) is 0.0148. The van der Waals surface area contributed by atoms with Gasteiger partial charge in [0.1, 0.15) is 28.6 Å². The molecule has 0 atom stereocenters. The molecule has 1 heterocycles. The van der Waals surface area contributed by atoms with Crippen LogP contribution in [0.2, 0.25) is 0 Å². The summed E-state index contributed by atoms with van der Waals surface area (Å²) in [4.78, 5) is 50.5. The van der Waals surface area contributed by atoms with E-state index in [1.54, 1.807) is 24.3 Å². The van der Waals surface area contributed by atoms with Crippen molar-refractivity contribution in [2.75, 3.05) is 94.5 Å². The third kappa shape index (κ3) is 14.7. The van der Waals surface area contributed by atoms with E-state index in [1.165, 1.54) is 44.4 Å². The van der Waals surface area contributed by atoms with Crippen molar-refractivity contribution in [1.82, 2.24) is 24.8 Å². The van der Waals surface area contributed by atoms with Crippen molar-refractivity contribution in [1.29, 1.82) is 0 Å². The van der Waals surface area contributed by atoms with Crippen molar-refractivity contribution in [3.05, 3.63) is 81.9 Å². The zero-order valence-corrected chi connectivity index (χ0v) is 39.0. The number of benzene rings is 3. The molecule has 0 bridgehead atoms. The first kappa shape index (κ1) is 50.4. The van der Waals surface area contributed by atoms with Gasteiger partial charge in [0.2, 0.25) is 28.9 Å². The van der Waals surface area contributed by atoms with Gasteiger partial charge in [-0.25, -0.2) is 0 Å². The number of carbonyl (C=O) groups is 2. The number of azo groups is 1. The van der Waals surface area contributed by atoms with E-state index < -0.39 is 32.4 Å². The molecule has 0 fully saturated rings. The molecule has 0 aliphatic heterocycles. The van der Waals surface area contributed by atoms with Crippen LogP contribution in [0.3, 0.4) is 0 Å². The van der Waals surface area contributed by atoms with E-state index in [0.717, 1.165) is 58.2 Å². The largest absolute Gasteiger partial charge is 0.489 e. The third-order valence-corrected chi connectivity index (χ3v) is 11.1. The summed E-state index contributed by atoms with van der Waals surface area (Å²) < 4.78 is 46.0. The second-order valence-corrected chi connectivity index (χ2v) is 16.3. The molecule has 0 radical (unpaired) electrons. The van der Waals surface area contributed by atoms with Crippen LogP contribution in [-0.2, 0) is 19.6 Å². The number of ether oxygens (including phenoxy) is 2. The highest BCUT2D eigenvalue weighted by atomic mass is 32.2. The maximum atomic E-state index is 13.5. The van der Waals surface area contributed by atoms with Gasteiger partial charge in [0.15, 0.2) is 5.71 Å². The lowest BCUT2D eigenvalue weighted by atomic mass is 9.94. The van der Waals surface area contributed by atoms with E-state index in [0.29, 0.717) is 41.6 Å². The van der Waals surface area contributed by atoms with Crippen molar-refractivity contribution in [2.45, 2.75) is 47.5 Å². The van der Waals surface area contributed by atoms with E-state index >= 15 is 0 Å². The fraction of sp³-hybridized carbons (Fsp3) is 0.409. The Hall–Kier alpha value is -6.59. The summed E-state index contributed by atoms with van der Waals surface area (Å²) in [6.45, 7) is 17.2. The van der Waals surface area contributed by atoms with Crippen molar-refractivity contribution < 1.29 is 32.0 Å². The van der Waals surface area contributed by atoms with Gasteiger partial charge in [0.05, 0.1) is 18.0 Å². The second-order valence-electron chi connectivity index (χ2n) is 14.9. The van der Waals surface area contributed by atoms with E-state index in [2.05, 4.69) is 83.8 Å². The van der Waals surface area contributed by atoms with Gasteiger partial charge in [-0.05, 0) is 106 Å². The number of rotatable bonds is 24. The number of H-pyrrole nitrogens is 2. The van der Waals surface area contributed by atoms with Crippen molar-refractivity contribution in [3.8, 4) is 5.75 Å². The lowest BCUT2D eigenvalue weighted by molar-refractivity contribution is -0.114. The number of aromatic amines is 2. The summed E-state index contributed by atoms with van der Waals surface area (Å²) in [6.07, 6.45) is 2.92. The molecular weight excluding hydrogens is 869 g/mol. The number of methoxy groups -OCH3 is 1. The normalized spacial score (nSPS) is 14.0. The molecule has 21 nitrogen and oxygen atoms in total. The van der Waals surface area contributed by atoms with Crippen LogP contribution >= 0.6 is 0 Å². The van der Waals surface area contributed by atoms with Crippen LogP contribution in [0.15, 0.2) is 84.8 Å². The van der Waals surface area contributed by atoms with Crippen LogP contribution < -0.4 is 37.8 Å². The maximum Gasteiger partial charge on any atom is 0.296 e. The molecule has 8 N–H and O–H groups in total. The molecule has 1 amide bonds. The number of Topliss-reactive ketones (excluding diaryl/α,β-unsaturated/α-hetero) is 1. The monoisotopic (exact) mass is 928 g/mol. The zero-order chi connectivity index (χ0) is 47.6. The number of nitrogens with two attached hydrogens (primary N) is 1. The minimum Gasteiger partial charge on any atom is -0.489 e. The van der Waals surface area contributed by atoms with Crippen molar-refractivity contribution >= 4 is 73.7 Å². The Morgan fingerprint density at radius 3 is 2.20 bits per heavy atom. The molecule has 354 valence electrons. The molecule has 1 aliphatic rings. The highest BCUT2D eigenvalue weighted by Crippen LogP contribution is 2.38. The van der Waals surface area contributed by atoms with Crippen molar-refractivity contribution in [3.63, 3.8) is 0 Å². The number of carbonyl (C=O) groups excluding carboxylic acids is 2. The molecule has 0 saturated heterocycles. The minimum atomic E-state index is -4.91. The number of fused-ring (bicyclic) bond motifs is 1.